The average Bonchev–Trinajstić information content (AvgIpc) is 2.55. The number of carbonyl (C=O) groups excluding carboxylic acids is 1. The van der Waals surface area contributed by atoms with Crippen molar-refractivity contribution in [2.75, 3.05) is 7.05 Å². The molecule has 0 aliphatic carbocycles. The normalized spacial score (nSPS) is 11.7. The summed E-state index contributed by atoms with van der Waals surface area (Å²) in [7, 11) is 1.78. The van der Waals surface area contributed by atoms with Crippen LogP contribution < -0.4 is 0 Å². The highest BCUT2D eigenvalue weighted by Gasteiger charge is 2.24. The van der Waals surface area contributed by atoms with E-state index in [1.165, 1.54) is 0 Å². The van der Waals surface area contributed by atoms with E-state index in [0.29, 0.717) is 17.9 Å². The number of rotatable bonds is 6. The Balaban J connectivity index is 2.35. The van der Waals surface area contributed by atoms with Crippen molar-refractivity contribution in [1.29, 1.82) is 0 Å². The quantitative estimate of drug-likeness (QED) is 0.764. The summed E-state index contributed by atoms with van der Waals surface area (Å²) < 4.78 is 0. The average molecular weight is 316 g/mol. The zero-order valence-electron chi connectivity index (χ0n) is 12.4. The van der Waals surface area contributed by atoms with E-state index < -0.39 is 0 Å². The van der Waals surface area contributed by atoms with Crippen LogP contribution in [0.1, 0.15) is 30.1 Å². The molecule has 1 heterocycles. The fraction of sp³-hybridized carbons (Fsp3) is 0.235. The van der Waals surface area contributed by atoms with Crippen molar-refractivity contribution in [1.82, 2.24) is 14.9 Å². The van der Waals surface area contributed by atoms with Crippen molar-refractivity contribution in [3.05, 3.63) is 71.8 Å². The third kappa shape index (κ3) is 3.92. The van der Waals surface area contributed by atoms with Gasteiger partial charge in [0.25, 0.3) is 0 Å². The highest BCUT2D eigenvalue weighted by molar-refractivity contribution is 6.30. The van der Waals surface area contributed by atoms with Crippen LogP contribution in [-0.4, -0.2) is 27.8 Å². The lowest BCUT2D eigenvalue weighted by Gasteiger charge is -2.28. The van der Waals surface area contributed by atoms with E-state index in [0.717, 1.165) is 11.3 Å². The van der Waals surface area contributed by atoms with Crippen molar-refractivity contribution >= 4 is 17.5 Å². The number of hydrogen-bond acceptors (Lipinski definition) is 3. The lowest BCUT2D eigenvalue weighted by atomic mass is 10.0. The van der Waals surface area contributed by atoms with Crippen LogP contribution >= 0.6 is 11.6 Å². The van der Waals surface area contributed by atoms with Crippen molar-refractivity contribution in [3.8, 4) is 0 Å². The van der Waals surface area contributed by atoms with Crippen LogP contribution in [0.4, 0.5) is 0 Å². The van der Waals surface area contributed by atoms with E-state index in [2.05, 4.69) is 16.5 Å². The van der Waals surface area contributed by atoms with Gasteiger partial charge in [0.2, 0.25) is 5.91 Å². The molecule has 0 spiro atoms. The first-order valence-electron chi connectivity index (χ1n) is 7.01. The second-order valence-electron chi connectivity index (χ2n) is 4.92. The summed E-state index contributed by atoms with van der Waals surface area (Å²) in [6, 6.07) is 7.13. The van der Waals surface area contributed by atoms with Crippen LogP contribution in [0.3, 0.4) is 0 Å². The van der Waals surface area contributed by atoms with Gasteiger partial charge in [0, 0.05) is 30.9 Å². The van der Waals surface area contributed by atoms with Gasteiger partial charge in [0.05, 0.1) is 11.9 Å². The Morgan fingerprint density at radius 3 is 2.68 bits per heavy atom. The SMILES string of the molecule is C=CCCC(=O)N(C)C(c1ccc(Cl)cc1)c1cnccn1. The summed E-state index contributed by atoms with van der Waals surface area (Å²) in [6.45, 7) is 3.66. The van der Waals surface area contributed by atoms with Gasteiger partial charge in [-0.3, -0.25) is 14.8 Å². The van der Waals surface area contributed by atoms with Crippen LogP contribution in [0.5, 0.6) is 0 Å². The number of aromatic nitrogens is 2. The molecule has 0 radical (unpaired) electrons. The minimum atomic E-state index is -0.289. The molecule has 22 heavy (non-hydrogen) atoms. The van der Waals surface area contributed by atoms with Gasteiger partial charge in [-0.2, -0.15) is 0 Å². The topological polar surface area (TPSA) is 46.1 Å². The molecule has 0 aliphatic rings. The molecule has 1 unspecified atom stereocenters. The van der Waals surface area contributed by atoms with E-state index >= 15 is 0 Å². The van der Waals surface area contributed by atoms with Gasteiger partial charge in [-0.05, 0) is 24.1 Å². The first-order valence-corrected chi connectivity index (χ1v) is 7.39. The Morgan fingerprint density at radius 1 is 1.36 bits per heavy atom. The molecule has 1 aromatic carbocycles. The van der Waals surface area contributed by atoms with Crippen LogP contribution in [0.15, 0.2) is 55.5 Å². The van der Waals surface area contributed by atoms with E-state index in [1.807, 2.05) is 24.3 Å². The molecule has 114 valence electrons. The predicted octanol–water partition coefficient (Wildman–Crippen LogP) is 3.64. The second-order valence-corrected chi connectivity index (χ2v) is 5.35. The first-order chi connectivity index (χ1) is 10.6. The van der Waals surface area contributed by atoms with E-state index in [4.69, 9.17) is 11.6 Å². The molecule has 2 aromatic rings. The Bertz CT molecular complexity index is 628. The third-order valence-corrected chi connectivity index (χ3v) is 3.64. The highest BCUT2D eigenvalue weighted by Crippen LogP contribution is 2.27. The fourth-order valence-electron chi connectivity index (χ4n) is 2.24. The molecule has 0 saturated carbocycles. The smallest absolute Gasteiger partial charge is 0.223 e. The monoisotopic (exact) mass is 315 g/mol. The van der Waals surface area contributed by atoms with Gasteiger partial charge >= 0.3 is 0 Å². The Morgan fingerprint density at radius 2 is 2.09 bits per heavy atom. The zero-order chi connectivity index (χ0) is 15.9. The largest absolute Gasteiger partial charge is 0.333 e. The summed E-state index contributed by atoms with van der Waals surface area (Å²) in [5, 5.41) is 0.655. The molecule has 1 amide bonds. The Labute approximate surface area is 135 Å². The molecule has 0 N–H and O–H groups in total. The molecule has 2 rings (SSSR count). The van der Waals surface area contributed by atoms with E-state index in [9.17, 15) is 4.79 Å². The maximum absolute atomic E-state index is 12.4. The summed E-state index contributed by atoms with van der Waals surface area (Å²) in [4.78, 5) is 22.5. The lowest BCUT2D eigenvalue weighted by molar-refractivity contribution is -0.131. The van der Waals surface area contributed by atoms with Gasteiger partial charge in [0.15, 0.2) is 0 Å². The summed E-state index contributed by atoms with van der Waals surface area (Å²) in [5.74, 6) is 0.0329. The van der Waals surface area contributed by atoms with Crippen molar-refractivity contribution in [2.24, 2.45) is 0 Å². The number of carbonyl (C=O) groups is 1. The van der Waals surface area contributed by atoms with Crippen LogP contribution in [-0.2, 0) is 4.79 Å². The molecule has 4 nitrogen and oxygen atoms in total. The maximum atomic E-state index is 12.4. The number of halogens is 1. The summed E-state index contributed by atoms with van der Waals surface area (Å²) >= 11 is 5.95. The van der Waals surface area contributed by atoms with Gasteiger partial charge in [-0.15, -0.1) is 6.58 Å². The third-order valence-electron chi connectivity index (χ3n) is 3.39. The second kappa shape index (κ2) is 7.71. The maximum Gasteiger partial charge on any atom is 0.223 e. The molecule has 0 fully saturated rings. The number of benzene rings is 1. The molecule has 0 aliphatic heterocycles. The molecule has 0 bridgehead atoms. The summed E-state index contributed by atoms with van der Waals surface area (Å²) in [6.07, 6.45) is 7.73. The molecule has 1 atom stereocenters. The molecular formula is C17H18ClN3O. The van der Waals surface area contributed by atoms with Crippen molar-refractivity contribution < 1.29 is 4.79 Å². The minimum absolute atomic E-state index is 0.0329. The number of hydrogen-bond donors (Lipinski definition) is 0. The molecule has 5 heteroatoms. The van der Waals surface area contributed by atoms with Crippen LogP contribution in [0.25, 0.3) is 0 Å². The van der Waals surface area contributed by atoms with Gasteiger partial charge in [-0.25, -0.2) is 0 Å². The van der Waals surface area contributed by atoms with Gasteiger partial charge < -0.3 is 4.90 Å². The van der Waals surface area contributed by atoms with Crippen LogP contribution in [0.2, 0.25) is 5.02 Å². The number of amides is 1. The first kappa shape index (κ1) is 16.2. The molecule has 0 saturated heterocycles. The standard InChI is InChI=1S/C17H18ClN3O/c1-3-4-5-16(22)21(2)17(15-12-19-10-11-20-15)13-6-8-14(18)9-7-13/h3,6-12,17H,1,4-5H2,2H3. The minimum Gasteiger partial charge on any atom is -0.333 e. The molecule has 1 aromatic heterocycles. The van der Waals surface area contributed by atoms with E-state index in [-0.39, 0.29) is 11.9 Å². The zero-order valence-corrected chi connectivity index (χ0v) is 13.2. The number of allylic oxidation sites excluding steroid dienone is 1. The van der Waals surface area contributed by atoms with Crippen molar-refractivity contribution in [3.63, 3.8) is 0 Å². The van der Waals surface area contributed by atoms with E-state index in [1.54, 1.807) is 36.6 Å². The van der Waals surface area contributed by atoms with Crippen molar-refractivity contribution in [2.45, 2.75) is 18.9 Å². The Hall–Kier alpha value is -2.20. The summed E-state index contributed by atoms with van der Waals surface area (Å²) in [5.41, 5.74) is 1.67. The predicted molar refractivity (Wildman–Crippen MR) is 87.5 cm³/mol. The lowest BCUT2D eigenvalue weighted by Crippen LogP contribution is -2.32. The van der Waals surface area contributed by atoms with Crippen LogP contribution in [0, 0.1) is 0 Å². The molecular weight excluding hydrogens is 298 g/mol. The van der Waals surface area contributed by atoms with Gasteiger partial charge in [-0.1, -0.05) is 29.8 Å². The number of nitrogens with zero attached hydrogens (tertiary/aromatic N) is 3. The highest BCUT2D eigenvalue weighted by atomic mass is 35.5. The Kier molecular flexibility index (Phi) is 5.67. The fourth-order valence-corrected chi connectivity index (χ4v) is 2.36. The van der Waals surface area contributed by atoms with Gasteiger partial charge in [0.1, 0.15) is 6.04 Å².